The predicted molar refractivity (Wildman–Crippen MR) is 99.2 cm³/mol. The van der Waals surface area contributed by atoms with Crippen molar-refractivity contribution in [2.45, 2.75) is 0 Å². The van der Waals surface area contributed by atoms with Gasteiger partial charge >= 0.3 is 0 Å². The highest BCUT2D eigenvalue weighted by Crippen LogP contribution is 2.39. The van der Waals surface area contributed by atoms with Gasteiger partial charge in [0.1, 0.15) is 0 Å². The van der Waals surface area contributed by atoms with Gasteiger partial charge in [0.2, 0.25) is 5.75 Å². The molecule has 1 aromatic heterocycles. The molecule has 3 rings (SSSR count). The van der Waals surface area contributed by atoms with E-state index in [0.717, 1.165) is 16.9 Å². The van der Waals surface area contributed by atoms with Crippen LogP contribution in [0.4, 0.5) is 0 Å². The third-order valence-electron chi connectivity index (χ3n) is 3.58. The third-order valence-corrected chi connectivity index (χ3v) is 4.30. The summed E-state index contributed by atoms with van der Waals surface area (Å²) >= 11 is 2.28. The van der Waals surface area contributed by atoms with E-state index >= 15 is 0 Å². The minimum absolute atomic E-state index is 0.541. The van der Waals surface area contributed by atoms with Crippen LogP contribution in [-0.2, 0) is 0 Å². The van der Waals surface area contributed by atoms with Crippen molar-refractivity contribution in [2.75, 3.05) is 21.3 Å². The molecule has 0 saturated carbocycles. The Morgan fingerprint density at radius 3 is 2.08 bits per heavy atom. The molecule has 0 unspecified atom stereocenters. The minimum Gasteiger partial charge on any atom is -0.493 e. The third kappa shape index (κ3) is 3.03. The minimum atomic E-state index is 0.541. The van der Waals surface area contributed by atoms with Crippen molar-refractivity contribution >= 4 is 22.6 Å². The smallest absolute Gasteiger partial charge is 0.203 e. The summed E-state index contributed by atoms with van der Waals surface area (Å²) < 4.78 is 19.1. The van der Waals surface area contributed by atoms with Gasteiger partial charge in [0, 0.05) is 21.3 Å². The molecule has 0 aliphatic heterocycles. The Morgan fingerprint density at radius 1 is 0.917 bits per heavy atom. The fourth-order valence-corrected chi connectivity index (χ4v) is 2.79. The fraction of sp³-hybridized carbons (Fsp3) is 0.176. The van der Waals surface area contributed by atoms with E-state index in [2.05, 4.69) is 32.9 Å². The highest BCUT2D eigenvalue weighted by molar-refractivity contribution is 14.1. The van der Waals surface area contributed by atoms with Crippen LogP contribution in [0.15, 0.2) is 42.6 Å². The average Bonchev–Trinajstić information content (AvgIpc) is 3.10. The van der Waals surface area contributed by atoms with Gasteiger partial charge in [0.05, 0.1) is 38.9 Å². The van der Waals surface area contributed by atoms with Crippen LogP contribution in [0.3, 0.4) is 0 Å². The van der Waals surface area contributed by atoms with Crippen molar-refractivity contribution in [1.82, 2.24) is 15.0 Å². The van der Waals surface area contributed by atoms with Gasteiger partial charge < -0.3 is 14.2 Å². The van der Waals surface area contributed by atoms with Gasteiger partial charge in [0.25, 0.3) is 0 Å². The van der Waals surface area contributed by atoms with Gasteiger partial charge in [-0.25, -0.2) is 4.68 Å². The lowest BCUT2D eigenvalue weighted by molar-refractivity contribution is 0.324. The molecule has 1 heterocycles. The maximum atomic E-state index is 5.41. The van der Waals surface area contributed by atoms with Crippen LogP contribution in [0.1, 0.15) is 0 Å². The van der Waals surface area contributed by atoms with Crippen LogP contribution >= 0.6 is 22.6 Å². The first-order valence-corrected chi connectivity index (χ1v) is 8.23. The molecule has 7 heteroatoms. The molecule has 0 amide bonds. The van der Waals surface area contributed by atoms with Crippen molar-refractivity contribution in [1.29, 1.82) is 0 Å². The summed E-state index contributed by atoms with van der Waals surface area (Å²) in [6.07, 6.45) is 1.73. The Balaban J connectivity index is 2.14. The number of hydrogen-bond donors (Lipinski definition) is 0. The van der Waals surface area contributed by atoms with Crippen molar-refractivity contribution in [2.24, 2.45) is 0 Å². The van der Waals surface area contributed by atoms with E-state index in [9.17, 15) is 0 Å². The first-order valence-electron chi connectivity index (χ1n) is 7.15. The fourth-order valence-electron chi connectivity index (χ4n) is 2.43. The standard InChI is InChI=1S/C17H16IN3O3/c1-22-15-8-13(9-16(23-2)17(15)24-3)21-14(10-19-20-21)11-4-6-12(18)7-5-11/h4-10H,1-3H3. The molecule has 0 bridgehead atoms. The number of benzene rings is 2. The average molecular weight is 437 g/mol. The Morgan fingerprint density at radius 2 is 1.54 bits per heavy atom. The van der Waals surface area contributed by atoms with Gasteiger partial charge in [-0.15, -0.1) is 5.10 Å². The number of rotatable bonds is 5. The predicted octanol–water partition coefficient (Wildman–Crippen LogP) is 3.56. The van der Waals surface area contributed by atoms with Gasteiger partial charge in [-0.1, -0.05) is 17.3 Å². The Kier molecular flexibility index (Phi) is 4.89. The Bertz CT molecular complexity index is 822. The zero-order chi connectivity index (χ0) is 17.1. The molecule has 3 aromatic rings. The van der Waals surface area contributed by atoms with E-state index in [4.69, 9.17) is 14.2 Å². The monoisotopic (exact) mass is 437 g/mol. The Labute approximate surface area is 153 Å². The van der Waals surface area contributed by atoms with E-state index in [1.54, 1.807) is 32.2 Å². The van der Waals surface area contributed by atoms with Crippen LogP contribution < -0.4 is 14.2 Å². The number of hydrogen-bond acceptors (Lipinski definition) is 5. The zero-order valence-corrected chi connectivity index (χ0v) is 15.6. The molecule has 0 spiro atoms. The number of aromatic nitrogens is 3. The summed E-state index contributed by atoms with van der Waals surface area (Å²) in [6.45, 7) is 0. The molecule has 6 nitrogen and oxygen atoms in total. The van der Waals surface area contributed by atoms with Crippen LogP contribution in [0, 0.1) is 3.57 Å². The molecule has 0 N–H and O–H groups in total. The van der Waals surface area contributed by atoms with Crippen molar-refractivity contribution < 1.29 is 14.2 Å². The normalized spacial score (nSPS) is 10.5. The van der Waals surface area contributed by atoms with Gasteiger partial charge in [0.15, 0.2) is 11.5 Å². The molecule has 0 aliphatic carbocycles. The highest BCUT2D eigenvalue weighted by atomic mass is 127. The summed E-state index contributed by atoms with van der Waals surface area (Å²) in [5.74, 6) is 1.67. The Hall–Kier alpha value is -2.29. The topological polar surface area (TPSA) is 58.4 Å². The lowest BCUT2D eigenvalue weighted by Gasteiger charge is -2.15. The van der Waals surface area contributed by atoms with E-state index in [1.165, 1.54) is 3.57 Å². The van der Waals surface area contributed by atoms with Crippen LogP contribution in [-0.4, -0.2) is 36.3 Å². The number of halogens is 1. The maximum Gasteiger partial charge on any atom is 0.203 e. The van der Waals surface area contributed by atoms with Crippen molar-refractivity contribution in [3.05, 3.63) is 46.2 Å². The first kappa shape index (κ1) is 16.6. The summed E-state index contributed by atoms with van der Waals surface area (Å²) in [5.41, 5.74) is 2.67. The second kappa shape index (κ2) is 7.08. The summed E-state index contributed by atoms with van der Waals surface area (Å²) in [5, 5.41) is 8.25. The van der Waals surface area contributed by atoms with E-state index in [1.807, 2.05) is 36.4 Å². The SMILES string of the molecule is COc1cc(-n2nncc2-c2ccc(I)cc2)cc(OC)c1OC. The number of ether oxygens (including phenoxy) is 3. The maximum absolute atomic E-state index is 5.41. The summed E-state index contributed by atoms with van der Waals surface area (Å²) in [4.78, 5) is 0. The van der Waals surface area contributed by atoms with E-state index in [0.29, 0.717) is 17.2 Å². The first-order chi connectivity index (χ1) is 11.7. The molecule has 2 aromatic carbocycles. The molecule has 0 aliphatic rings. The molecule has 24 heavy (non-hydrogen) atoms. The van der Waals surface area contributed by atoms with Crippen LogP contribution in [0.5, 0.6) is 17.2 Å². The van der Waals surface area contributed by atoms with Crippen LogP contribution in [0.2, 0.25) is 0 Å². The zero-order valence-electron chi connectivity index (χ0n) is 13.5. The number of methoxy groups -OCH3 is 3. The molecular formula is C17H16IN3O3. The molecule has 0 fully saturated rings. The molecular weight excluding hydrogens is 421 g/mol. The number of nitrogens with zero attached hydrogens (tertiary/aromatic N) is 3. The quantitative estimate of drug-likeness (QED) is 0.572. The lowest BCUT2D eigenvalue weighted by Crippen LogP contribution is -2.02. The molecule has 0 atom stereocenters. The second-order valence-corrected chi connectivity index (χ2v) is 6.17. The highest BCUT2D eigenvalue weighted by Gasteiger charge is 2.17. The molecule has 0 radical (unpaired) electrons. The summed E-state index contributed by atoms with van der Waals surface area (Å²) in [6, 6.07) is 11.8. The molecule has 124 valence electrons. The van der Waals surface area contributed by atoms with Crippen molar-refractivity contribution in [3.63, 3.8) is 0 Å². The van der Waals surface area contributed by atoms with E-state index in [-0.39, 0.29) is 0 Å². The van der Waals surface area contributed by atoms with Gasteiger partial charge in [-0.05, 0) is 34.7 Å². The van der Waals surface area contributed by atoms with Crippen LogP contribution in [0.25, 0.3) is 16.9 Å². The van der Waals surface area contributed by atoms with Crippen molar-refractivity contribution in [3.8, 4) is 34.2 Å². The molecule has 0 saturated heterocycles. The second-order valence-electron chi connectivity index (χ2n) is 4.92. The lowest BCUT2D eigenvalue weighted by atomic mass is 10.1. The van der Waals surface area contributed by atoms with Gasteiger partial charge in [-0.2, -0.15) is 0 Å². The van der Waals surface area contributed by atoms with Gasteiger partial charge in [-0.3, -0.25) is 0 Å². The van der Waals surface area contributed by atoms with E-state index < -0.39 is 0 Å². The summed E-state index contributed by atoms with van der Waals surface area (Å²) in [7, 11) is 4.75. The largest absolute Gasteiger partial charge is 0.493 e.